The zero-order valence-corrected chi connectivity index (χ0v) is 15.5. The van der Waals surface area contributed by atoms with Gasteiger partial charge < -0.3 is 20.1 Å². The van der Waals surface area contributed by atoms with Gasteiger partial charge in [-0.25, -0.2) is 14.1 Å². The molecule has 14 heteroatoms. The van der Waals surface area contributed by atoms with Crippen LogP contribution in [0.1, 0.15) is 23.5 Å². The first kappa shape index (κ1) is 21.3. The predicted molar refractivity (Wildman–Crippen MR) is 92.6 cm³/mol. The summed E-state index contributed by atoms with van der Waals surface area (Å²) in [6.07, 6.45) is -7.46. The van der Waals surface area contributed by atoms with Gasteiger partial charge in [0.1, 0.15) is 48.3 Å². The summed E-state index contributed by atoms with van der Waals surface area (Å²) in [5.74, 6) is -1.33. The molecule has 0 amide bonds. The maximum absolute atomic E-state index is 13.9. The number of nitrogens with one attached hydrogen (secondary N) is 1. The molecule has 1 aromatic carbocycles. The zero-order valence-electron chi connectivity index (χ0n) is 15.5. The standard InChI is InChI=1S/C17H16F4N6O4/c18-9-3-7(1-2-8(9)17(19,20)21)10-4-27(26-24-10)12-13(29)11(5-28)31-15(14(12)30)16-22-6-23-25-16/h1-4,6,11-15,28-30H,5H2,(H,22,23,25)/t11-,12+,13+,14-,15-/m1/s1. The molecule has 1 aliphatic heterocycles. The molecular formula is C17H16F4N6O4. The molecule has 4 N–H and O–H groups in total. The highest BCUT2D eigenvalue weighted by Crippen LogP contribution is 2.37. The minimum absolute atomic E-state index is 0.00952. The van der Waals surface area contributed by atoms with Crippen molar-refractivity contribution in [3.05, 3.63) is 47.9 Å². The van der Waals surface area contributed by atoms with Crippen LogP contribution in [0.4, 0.5) is 17.6 Å². The number of hydrogen-bond acceptors (Lipinski definition) is 8. The number of ether oxygens (including phenoxy) is 1. The molecule has 1 saturated heterocycles. The fourth-order valence-electron chi connectivity index (χ4n) is 3.45. The molecular weight excluding hydrogens is 428 g/mol. The van der Waals surface area contributed by atoms with E-state index in [2.05, 4.69) is 25.5 Å². The van der Waals surface area contributed by atoms with Crippen LogP contribution in [0.5, 0.6) is 0 Å². The number of halogens is 4. The summed E-state index contributed by atoms with van der Waals surface area (Å²) in [6.45, 7) is -0.583. The molecule has 3 heterocycles. The van der Waals surface area contributed by atoms with Crippen molar-refractivity contribution in [1.82, 2.24) is 30.2 Å². The van der Waals surface area contributed by atoms with Crippen LogP contribution in [0.2, 0.25) is 0 Å². The lowest BCUT2D eigenvalue weighted by Gasteiger charge is -2.41. The van der Waals surface area contributed by atoms with Crippen molar-refractivity contribution in [3.8, 4) is 11.3 Å². The first-order valence-corrected chi connectivity index (χ1v) is 8.97. The molecule has 0 bridgehead atoms. The fraction of sp³-hybridized carbons (Fsp3) is 0.412. The number of alkyl halides is 3. The van der Waals surface area contributed by atoms with E-state index < -0.39 is 54.6 Å². The van der Waals surface area contributed by atoms with E-state index in [1.807, 2.05) is 0 Å². The number of aromatic nitrogens is 6. The molecule has 0 unspecified atom stereocenters. The Kier molecular flexibility index (Phi) is 5.47. The minimum Gasteiger partial charge on any atom is -0.394 e. The molecule has 3 aromatic rings. The van der Waals surface area contributed by atoms with Crippen LogP contribution < -0.4 is 0 Å². The SMILES string of the molecule is OC[C@H]1O[C@@H](c2ncn[nH]2)[C@H](O)[C@@H](n2cc(-c3ccc(C(F)(F)F)c(F)c3)nn2)[C@H]1O. The topological polar surface area (TPSA) is 142 Å². The maximum atomic E-state index is 13.9. The number of aromatic amines is 1. The number of benzene rings is 1. The van der Waals surface area contributed by atoms with Crippen LogP contribution in [0.15, 0.2) is 30.7 Å². The Balaban J connectivity index is 1.66. The monoisotopic (exact) mass is 444 g/mol. The van der Waals surface area contributed by atoms with Gasteiger partial charge in [-0.15, -0.1) is 5.10 Å². The third-order valence-electron chi connectivity index (χ3n) is 4.98. The lowest BCUT2D eigenvalue weighted by molar-refractivity contribution is -0.210. The highest BCUT2D eigenvalue weighted by molar-refractivity contribution is 5.58. The highest BCUT2D eigenvalue weighted by atomic mass is 19.4. The van der Waals surface area contributed by atoms with E-state index in [1.54, 1.807) is 0 Å². The summed E-state index contributed by atoms with van der Waals surface area (Å²) in [7, 11) is 0. The molecule has 1 aliphatic rings. The Bertz CT molecular complexity index is 1040. The molecule has 166 valence electrons. The van der Waals surface area contributed by atoms with Crippen molar-refractivity contribution in [2.45, 2.75) is 36.6 Å². The lowest BCUT2D eigenvalue weighted by Crippen LogP contribution is -2.53. The molecule has 31 heavy (non-hydrogen) atoms. The van der Waals surface area contributed by atoms with Gasteiger partial charge in [0.2, 0.25) is 0 Å². The number of aliphatic hydroxyl groups is 3. The quantitative estimate of drug-likeness (QED) is 0.429. The summed E-state index contributed by atoms with van der Waals surface area (Å²) in [6, 6.07) is 1.12. The second-order valence-corrected chi connectivity index (χ2v) is 6.90. The Hall–Kier alpha value is -2.94. The molecule has 1 fully saturated rings. The van der Waals surface area contributed by atoms with Gasteiger partial charge in [0.25, 0.3) is 0 Å². The van der Waals surface area contributed by atoms with E-state index in [4.69, 9.17) is 4.74 Å². The van der Waals surface area contributed by atoms with E-state index in [9.17, 15) is 32.9 Å². The van der Waals surface area contributed by atoms with E-state index in [1.165, 1.54) is 12.5 Å². The molecule has 0 aliphatic carbocycles. The summed E-state index contributed by atoms with van der Waals surface area (Å²) in [4.78, 5) is 3.91. The Labute approximate surface area is 171 Å². The van der Waals surface area contributed by atoms with Crippen molar-refractivity contribution in [2.24, 2.45) is 0 Å². The van der Waals surface area contributed by atoms with Crippen LogP contribution in [0.3, 0.4) is 0 Å². The van der Waals surface area contributed by atoms with Gasteiger partial charge in [-0.2, -0.15) is 18.3 Å². The molecule has 5 atom stereocenters. The number of aliphatic hydroxyl groups excluding tert-OH is 3. The smallest absolute Gasteiger partial charge is 0.394 e. The van der Waals surface area contributed by atoms with Gasteiger partial charge >= 0.3 is 6.18 Å². The van der Waals surface area contributed by atoms with E-state index in [-0.39, 0.29) is 17.1 Å². The Morgan fingerprint density at radius 3 is 2.58 bits per heavy atom. The molecule has 0 spiro atoms. The molecule has 4 rings (SSSR count). The normalized spacial score (nSPS) is 26.9. The maximum Gasteiger partial charge on any atom is 0.419 e. The van der Waals surface area contributed by atoms with E-state index in [0.29, 0.717) is 12.1 Å². The van der Waals surface area contributed by atoms with Crippen LogP contribution in [0.25, 0.3) is 11.3 Å². The van der Waals surface area contributed by atoms with Crippen LogP contribution in [-0.2, 0) is 10.9 Å². The molecule has 0 radical (unpaired) electrons. The number of rotatable bonds is 4. The van der Waals surface area contributed by atoms with Crippen molar-refractivity contribution in [1.29, 1.82) is 0 Å². The highest BCUT2D eigenvalue weighted by Gasteiger charge is 2.47. The number of hydrogen-bond donors (Lipinski definition) is 4. The summed E-state index contributed by atoms with van der Waals surface area (Å²) in [5.41, 5.74) is -1.40. The Morgan fingerprint density at radius 1 is 1.19 bits per heavy atom. The van der Waals surface area contributed by atoms with Crippen LogP contribution in [-0.4, -0.2) is 70.4 Å². The molecule has 10 nitrogen and oxygen atoms in total. The second kappa shape index (κ2) is 7.96. The third-order valence-corrected chi connectivity index (χ3v) is 4.98. The lowest BCUT2D eigenvalue weighted by atomic mass is 9.92. The minimum atomic E-state index is -4.84. The first-order chi connectivity index (χ1) is 14.7. The molecule has 0 saturated carbocycles. The van der Waals surface area contributed by atoms with Crippen molar-refractivity contribution < 1.29 is 37.6 Å². The first-order valence-electron chi connectivity index (χ1n) is 8.97. The average Bonchev–Trinajstić information content (AvgIpc) is 3.40. The summed E-state index contributed by atoms with van der Waals surface area (Å²) >= 11 is 0. The van der Waals surface area contributed by atoms with Gasteiger partial charge in [0.15, 0.2) is 5.82 Å². The summed E-state index contributed by atoms with van der Waals surface area (Å²) in [5, 5.41) is 44.7. The van der Waals surface area contributed by atoms with Crippen LogP contribution >= 0.6 is 0 Å². The van der Waals surface area contributed by atoms with Crippen molar-refractivity contribution in [3.63, 3.8) is 0 Å². The molecule has 2 aromatic heterocycles. The van der Waals surface area contributed by atoms with Gasteiger partial charge in [-0.3, -0.25) is 5.10 Å². The van der Waals surface area contributed by atoms with Gasteiger partial charge in [0, 0.05) is 5.56 Å². The van der Waals surface area contributed by atoms with Gasteiger partial charge in [-0.1, -0.05) is 11.3 Å². The van der Waals surface area contributed by atoms with E-state index >= 15 is 0 Å². The van der Waals surface area contributed by atoms with Crippen molar-refractivity contribution >= 4 is 0 Å². The zero-order chi connectivity index (χ0) is 22.3. The second-order valence-electron chi connectivity index (χ2n) is 6.90. The van der Waals surface area contributed by atoms with Crippen molar-refractivity contribution in [2.75, 3.05) is 6.61 Å². The number of nitrogens with zero attached hydrogens (tertiary/aromatic N) is 5. The Morgan fingerprint density at radius 2 is 1.97 bits per heavy atom. The fourth-order valence-corrected chi connectivity index (χ4v) is 3.45. The summed E-state index contributed by atoms with van der Waals surface area (Å²) < 4.78 is 58.8. The van der Waals surface area contributed by atoms with Gasteiger partial charge in [0.05, 0.1) is 18.4 Å². The largest absolute Gasteiger partial charge is 0.419 e. The van der Waals surface area contributed by atoms with Crippen LogP contribution in [0, 0.1) is 5.82 Å². The van der Waals surface area contributed by atoms with Gasteiger partial charge in [-0.05, 0) is 12.1 Å². The average molecular weight is 444 g/mol. The third kappa shape index (κ3) is 3.89. The number of H-pyrrole nitrogens is 1. The van der Waals surface area contributed by atoms with E-state index in [0.717, 1.165) is 10.7 Å². The predicted octanol–water partition coefficient (Wildman–Crippen LogP) is 0.616.